The van der Waals surface area contributed by atoms with Gasteiger partial charge in [0.25, 0.3) is 10.0 Å². The Bertz CT molecular complexity index is 1140. The van der Waals surface area contributed by atoms with Crippen LogP contribution in [0.3, 0.4) is 0 Å². The van der Waals surface area contributed by atoms with Crippen LogP contribution in [0.25, 0.3) is 0 Å². The summed E-state index contributed by atoms with van der Waals surface area (Å²) in [4.78, 5) is 3.70. The Morgan fingerprint density at radius 3 is 2.24 bits per heavy atom. The lowest BCUT2D eigenvalue weighted by Gasteiger charge is -2.32. The van der Waals surface area contributed by atoms with Crippen LogP contribution in [0.1, 0.15) is 24.0 Å². The maximum atomic E-state index is 12.9. The Labute approximate surface area is 193 Å². The van der Waals surface area contributed by atoms with Gasteiger partial charge in [0.15, 0.2) is 11.9 Å². The van der Waals surface area contributed by atoms with E-state index in [9.17, 15) is 8.42 Å². The van der Waals surface area contributed by atoms with Gasteiger partial charge in [0.05, 0.1) is 4.90 Å². The number of hydrogen-bond donors (Lipinski definition) is 5. The Hall–Kier alpha value is -3.47. The molecule has 10 nitrogen and oxygen atoms in total. The number of anilines is 1. The van der Waals surface area contributed by atoms with E-state index in [1.54, 1.807) is 34.1 Å². The van der Waals surface area contributed by atoms with E-state index in [4.69, 9.17) is 27.0 Å². The normalized spacial score (nSPS) is 16.7. The van der Waals surface area contributed by atoms with Crippen LogP contribution in [0.2, 0.25) is 0 Å². The standard InChI is InChI=1S/C22H29N7O3S/c23-21(24)28-11-8-19(9-12-28)32-18-3-5-20(6-4-18)33(30,31)27-17-2-1-15-7-10-29(22(25)26)14-16(15)13-17/h1-6,13,19,27H,7-12,14H2,(H3,23,24)(H3,25,26). The SMILES string of the molecule is N=C(N)N1CCC(Oc2ccc(S(=O)(=O)Nc3ccc4c(c3)CN(C(=N)N)CC4)cc2)CC1. The van der Waals surface area contributed by atoms with Crippen LogP contribution in [0.4, 0.5) is 5.69 Å². The van der Waals surface area contributed by atoms with Crippen molar-refractivity contribution >= 4 is 27.6 Å². The molecule has 0 radical (unpaired) electrons. The molecular formula is C22H29N7O3S. The van der Waals surface area contributed by atoms with Gasteiger partial charge in [0, 0.05) is 44.7 Å². The molecule has 2 aromatic carbocycles. The average Bonchev–Trinajstić information content (AvgIpc) is 2.79. The number of piperidine rings is 1. The minimum absolute atomic E-state index is 0.00578. The Morgan fingerprint density at radius 1 is 0.939 bits per heavy atom. The Morgan fingerprint density at radius 2 is 1.61 bits per heavy atom. The maximum absolute atomic E-state index is 12.9. The third-order valence-electron chi connectivity index (χ3n) is 6.03. The number of guanidine groups is 2. The fourth-order valence-electron chi connectivity index (χ4n) is 4.14. The van der Waals surface area contributed by atoms with Gasteiger partial charge < -0.3 is 26.0 Å². The fourth-order valence-corrected chi connectivity index (χ4v) is 5.19. The summed E-state index contributed by atoms with van der Waals surface area (Å²) in [6.07, 6.45) is 2.27. The summed E-state index contributed by atoms with van der Waals surface area (Å²) < 4.78 is 34.4. The minimum atomic E-state index is -3.77. The third-order valence-corrected chi connectivity index (χ3v) is 7.43. The van der Waals surface area contributed by atoms with Crippen molar-refractivity contribution in [1.29, 1.82) is 10.8 Å². The zero-order valence-electron chi connectivity index (χ0n) is 18.3. The largest absolute Gasteiger partial charge is 0.490 e. The average molecular weight is 472 g/mol. The van der Waals surface area contributed by atoms with Gasteiger partial charge in [0.2, 0.25) is 0 Å². The molecule has 1 fully saturated rings. The number of likely N-dealkylation sites (tertiary alicyclic amines) is 1. The van der Waals surface area contributed by atoms with Crippen molar-refractivity contribution in [1.82, 2.24) is 9.80 Å². The number of rotatable bonds is 5. The first kappa shape index (κ1) is 22.7. The predicted molar refractivity (Wildman–Crippen MR) is 127 cm³/mol. The minimum Gasteiger partial charge on any atom is -0.490 e. The zero-order chi connectivity index (χ0) is 23.6. The van der Waals surface area contributed by atoms with E-state index >= 15 is 0 Å². The summed E-state index contributed by atoms with van der Waals surface area (Å²) in [5.74, 6) is 0.692. The second-order valence-corrected chi connectivity index (χ2v) is 9.99. The topological polar surface area (TPSA) is 162 Å². The lowest BCUT2D eigenvalue weighted by molar-refractivity contribution is 0.130. The summed E-state index contributed by atoms with van der Waals surface area (Å²) in [7, 11) is -3.77. The summed E-state index contributed by atoms with van der Waals surface area (Å²) in [6, 6.07) is 11.8. The highest BCUT2D eigenvalue weighted by Crippen LogP contribution is 2.26. The molecule has 0 saturated carbocycles. The maximum Gasteiger partial charge on any atom is 0.261 e. The molecule has 0 amide bonds. The van der Waals surface area contributed by atoms with E-state index in [0.29, 0.717) is 37.6 Å². The highest BCUT2D eigenvalue weighted by molar-refractivity contribution is 7.92. The molecule has 1 saturated heterocycles. The first-order chi connectivity index (χ1) is 15.7. The van der Waals surface area contributed by atoms with E-state index < -0.39 is 10.0 Å². The van der Waals surface area contributed by atoms with Crippen LogP contribution < -0.4 is 20.9 Å². The van der Waals surface area contributed by atoms with E-state index in [2.05, 4.69) is 4.72 Å². The van der Waals surface area contributed by atoms with Gasteiger partial charge in [0.1, 0.15) is 11.9 Å². The number of fused-ring (bicyclic) bond motifs is 1. The molecule has 2 heterocycles. The van der Waals surface area contributed by atoms with E-state index in [1.165, 1.54) is 12.1 Å². The molecule has 33 heavy (non-hydrogen) atoms. The molecule has 0 aliphatic carbocycles. The number of ether oxygens (including phenoxy) is 1. The van der Waals surface area contributed by atoms with Gasteiger partial charge in [-0.05, 0) is 53.9 Å². The number of nitrogens with zero attached hydrogens (tertiary/aromatic N) is 2. The molecule has 176 valence electrons. The molecule has 7 N–H and O–H groups in total. The van der Waals surface area contributed by atoms with Crippen molar-refractivity contribution in [2.45, 2.75) is 36.8 Å². The van der Waals surface area contributed by atoms with Gasteiger partial charge >= 0.3 is 0 Å². The van der Waals surface area contributed by atoms with Crippen LogP contribution in [0.15, 0.2) is 47.4 Å². The molecule has 0 aromatic heterocycles. The number of benzene rings is 2. The van der Waals surface area contributed by atoms with Gasteiger partial charge in [-0.25, -0.2) is 8.42 Å². The van der Waals surface area contributed by atoms with E-state index in [0.717, 1.165) is 30.4 Å². The van der Waals surface area contributed by atoms with Crippen LogP contribution in [-0.4, -0.2) is 55.9 Å². The van der Waals surface area contributed by atoms with Gasteiger partial charge in [-0.2, -0.15) is 0 Å². The summed E-state index contributed by atoms with van der Waals surface area (Å²) >= 11 is 0. The third kappa shape index (κ3) is 5.30. The molecule has 11 heteroatoms. The zero-order valence-corrected chi connectivity index (χ0v) is 19.1. The molecule has 4 rings (SSSR count). The molecule has 0 atom stereocenters. The Kier molecular flexibility index (Phi) is 6.32. The monoisotopic (exact) mass is 471 g/mol. The van der Waals surface area contributed by atoms with Crippen molar-refractivity contribution in [3.05, 3.63) is 53.6 Å². The van der Waals surface area contributed by atoms with Crippen LogP contribution in [0, 0.1) is 10.8 Å². The van der Waals surface area contributed by atoms with Gasteiger partial charge in [-0.3, -0.25) is 15.5 Å². The quantitative estimate of drug-likeness (QED) is 0.326. The van der Waals surface area contributed by atoms with Gasteiger partial charge in [-0.1, -0.05) is 6.07 Å². The second-order valence-electron chi connectivity index (χ2n) is 8.31. The molecule has 0 unspecified atom stereocenters. The number of sulfonamides is 1. The van der Waals surface area contributed by atoms with Crippen LogP contribution in [0.5, 0.6) is 5.75 Å². The molecule has 2 aliphatic heterocycles. The number of nitrogens with one attached hydrogen (secondary N) is 3. The highest BCUT2D eigenvalue weighted by Gasteiger charge is 2.22. The molecular weight excluding hydrogens is 442 g/mol. The van der Waals surface area contributed by atoms with Crippen LogP contribution >= 0.6 is 0 Å². The number of nitrogens with two attached hydrogens (primary N) is 2. The highest BCUT2D eigenvalue weighted by atomic mass is 32.2. The molecule has 0 spiro atoms. The molecule has 2 aromatic rings. The van der Waals surface area contributed by atoms with Crippen molar-refractivity contribution in [2.24, 2.45) is 11.5 Å². The molecule has 0 bridgehead atoms. The van der Waals surface area contributed by atoms with Crippen molar-refractivity contribution < 1.29 is 13.2 Å². The Balaban J connectivity index is 1.40. The smallest absolute Gasteiger partial charge is 0.261 e. The second kappa shape index (κ2) is 9.18. The van der Waals surface area contributed by atoms with E-state index in [-0.39, 0.29) is 22.9 Å². The van der Waals surface area contributed by atoms with Crippen molar-refractivity contribution in [3.63, 3.8) is 0 Å². The van der Waals surface area contributed by atoms with Crippen molar-refractivity contribution in [3.8, 4) is 5.75 Å². The van der Waals surface area contributed by atoms with Crippen molar-refractivity contribution in [2.75, 3.05) is 24.4 Å². The first-order valence-electron chi connectivity index (χ1n) is 10.8. The summed E-state index contributed by atoms with van der Waals surface area (Å²) in [5.41, 5.74) is 13.7. The molecule has 2 aliphatic rings. The first-order valence-corrected chi connectivity index (χ1v) is 12.3. The van der Waals surface area contributed by atoms with Crippen LogP contribution in [-0.2, 0) is 23.0 Å². The lowest BCUT2D eigenvalue weighted by atomic mass is 9.99. The van der Waals surface area contributed by atoms with E-state index in [1.807, 2.05) is 6.07 Å². The summed E-state index contributed by atoms with van der Waals surface area (Å²) in [5, 5.41) is 15.1. The van der Waals surface area contributed by atoms with Gasteiger partial charge in [-0.15, -0.1) is 0 Å². The predicted octanol–water partition coefficient (Wildman–Crippen LogP) is 1.48. The summed E-state index contributed by atoms with van der Waals surface area (Å²) in [6.45, 7) is 2.50. The fraction of sp³-hybridized carbons (Fsp3) is 0.364. The lowest BCUT2D eigenvalue weighted by Crippen LogP contribution is -2.44. The number of hydrogen-bond acceptors (Lipinski definition) is 5.